The highest BCUT2D eigenvalue weighted by Gasteiger charge is 2.28. The van der Waals surface area contributed by atoms with E-state index in [4.69, 9.17) is 0 Å². The number of aliphatic hydroxyl groups is 1. The molecule has 1 saturated carbocycles. The van der Waals surface area contributed by atoms with Crippen LogP contribution in [0.1, 0.15) is 55.6 Å². The van der Waals surface area contributed by atoms with Crippen molar-refractivity contribution >= 4 is 0 Å². The molecule has 17 heavy (non-hydrogen) atoms. The molecule has 2 aliphatic carbocycles. The first-order valence-electron chi connectivity index (χ1n) is 6.78. The molecule has 90 valence electrons. The normalized spacial score (nSPS) is 29.0. The van der Waals surface area contributed by atoms with Crippen LogP contribution < -0.4 is 0 Å². The SMILES string of the molecule is OC1(c2cccc(C3CCC3)c2)C=CCCC1. The average Bonchev–Trinajstić information content (AvgIpc) is 2.28. The van der Waals surface area contributed by atoms with Crippen LogP contribution >= 0.6 is 0 Å². The molecule has 3 rings (SSSR count). The molecule has 1 atom stereocenters. The third kappa shape index (κ3) is 2.04. The average molecular weight is 228 g/mol. The van der Waals surface area contributed by atoms with Crippen LogP contribution in [0.25, 0.3) is 0 Å². The standard InChI is InChI=1S/C16H20O/c17-16(10-2-1-3-11-16)15-9-5-8-14(12-15)13-6-4-7-13/h2,5,8-10,12-13,17H,1,3-4,6-7,11H2. The van der Waals surface area contributed by atoms with Crippen molar-refractivity contribution in [1.82, 2.24) is 0 Å². The summed E-state index contributed by atoms with van der Waals surface area (Å²) in [6, 6.07) is 8.60. The first kappa shape index (κ1) is 11.0. The number of allylic oxidation sites excluding steroid dienone is 1. The largest absolute Gasteiger partial charge is 0.381 e. The van der Waals surface area contributed by atoms with E-state index in [1.165, 1.54) is 24.8 Å². The molecule has 1 fully saturated rings. The van der Waals surface area contributed by atoms with Crippen molar-refractivity contribution in [1.29, 1.82) is 0 Å². The van der Waals surface area contributed by atoms with Crippen LogP contribution in [0.4, 0.5) is 0 Å². The van der Waals surface area contributed by atoms with Gasteiger partial charge in [0.15, 0.2) is 0 Å². The van der Waals surface area contributed by atoms with E-state index in [2.05, 4.69) is 30.3 Å². The maximum atomic E-state index is 10.7. The molecule has 1 N–H and O–H groups in total. The van der Waals surface area contributed by atoms with Gasteiger partial charge in [-0.1, -0.05) is 42.8 Å². The van der Waals surface area contributed by atoms with Crippen molar-refractivity contribution in [3.8, 4) is 0 Å². The quantitative estimate of drug-likeness (QED) is 0.762. The Labute approximate surface area is 103 Å². The summed E-state index contributed by atoms with van der Waals surface area (Å²) in [4.78, 5) is 0. The number of hydrogen-bond acceptors (Lipinski definition) is 1. The smallest absolute Gasteiger partial charge is 0.108 e. The molecule has 2 aliphatic rings. The molecule has 0 saturated heterocycles. The van der Waals surface area contributed by atoms with E-state index >= 15 is 0 Å². The lowest BCUT2D eigenvalue weighted by Gasteiger charge is -2.31. The van der Waals surface area contributed by atoms with Crippen molar-refractivity contribution < 1.29 is 5.11 Å². The van der Waals surface area contributed by atoms with E-state index in [1.807, 2.05) is 6.08 Å². The molecule has 0 aliphatic heterocycles. The van der Waals surface area contributed by atoms with E-state index in [9.17, 15) is 5.11 Å². The third-order valence-electron chi connectivity index (χ3n) is 4.29. The molecular weight excluding hydrogens is 208 g/mol. The first-order valence-corrected chi connectivity index (χ1v) is 6.78. The van der Waals surface area contributed by atoms with Crippen LogP contribution in [-0.2, 0) is 5.60 Å². The van der Waals surface area contributed by atoms with Crippen molar-refractivity contribution in [2.75, 3.05) is 0 Å². The molecule has 0 radical (unpaired) electrons. The van der Waals surface area contributed by atoms with Crippen LogP contribution in [0.2, 0.25) is 0 Å². The molecule has 1 nitrogen and oxygen atoms in total. The minimum atomic E-state index is -0.710. The Balaban J connectivity index is 1.91. The summed E-state index contributed by atoms with van der Waals surface area (Å²) >= 11 is 0. The minimum absolute atomic E-state index is 0.710. The summed E-state index contributed by atoms with van der Waals surface area (Å²) in [6.45, 7) is 0. The molecule has 0 spiro atoms. The molecule has 1 aromatic carbocycles. The highest BCUT2D eigenvalue weighted by molar-refractivity contribution is 5.34. The van der Waals surface area contributed by atoms with Crippen molar-refractivity contribution in [2.24, 2.45) is 0 Å². The van der Waals surface area contributed by atoms with E-state index in [-0.39, 0.29) is 0 Å². The molecule has 0 bridgehead atoms. The maximum absolute atomic E-state index is 10.7. The van der Waals surface area contributed by atoms with Gasteiger partial charge in [-0.25, -0.2) is 0 Å². The predicted molar refractivity (Wildman–Crippen MR) is 69.9 cm³/mol. The molecule has 0 aromatic heterocycles. The van der Waals surface area contributed by atoms with Gasteiger partial charge >= 0.3 is 0 Å². The van der Waals surface area contributed by atoms with Gasteiger partial charge in [-0.05, 0) is 49.1 Å². The third-order valence-corrected chi connectivity index (χ3v) is 4.29. The number of hydrogen-bond donors (Lipinski definition) is 1. The maximum Gasteiger partial charge on any atom is 0.108 e. The molecule has 1 unspecified atom stereocenters. The molecular formula is C16H20O. The highest BCUT2D eigenvalue weighted by Crippen LogP contribution is 2.39. The van der Waals surface area contributed by atoms with E-state index in [1.54, 1.807) is 0 Å². The number of benzene rings is 1. The molecule has 0 amide bonds. The lowest BCUT2D eigenvalue weighted by molar-refractivity contribution is 0.0724. The summed E-state index contributed by atoms with van der Waals surface area (Å²) in [6.07, 6.45) is 11.1. The Bertz CT molecular complexity index is 431. The van der Waals surface area contributed by atoms with Crippen LogP contribution in [0.5, 0.6) is 0 Å². The molecule has 0 heterocycles. The fourth-order valence-corrected chi connectivity index (χ4v) is 2.90. The lowest BCUT2D eigenvalue weighted by atomic mass is 9.77. The Morgan fingerprint density at radius 3 is 2.71 bits per heavy atom. The van der Waals surface area contributed by atoms with Crippen molar-refractivity contribution in [3.63, 3.8) is 0 Å². The Kier molecular flexibility index (Phi) is 2.79. The zero-order chi connectivity index (χ0) is 11.7. The summed E-state index contributed by atoms with van der Waals surface area (Å²) in [7, 11) is 0. The van der Waals surface area contributed by atoms with Gasteiger partial charge < -0.3 is 5.11 Å². The predicted octanol–water partition coefficient (Wildman–Crippen LogP) is 3.88. The summed E-state index contributed by atoms with van der Waals surface area (Å²) in [5.74, 6) is 0.742. The fourth-order valence-electron chi connectivity index (χ4n) is 2.90. The zero-order valence-electron chi connectivity index (χ0n) is 10.2. The second-order valence-corrected chi connectivity index (χ2v) is 5.47. The van der Waals surface area contributed by atoms with Gasteiger partial charge in [0.05, 0.1) is 0 Å². The Morgan fingerprint density at radius 2 is 2.06 bits per heavy atom. The van der Waals surface area contributed by atoms with Gasteiger partial charge in [0.25, 0.3) is 0 Å². The molecule has 1 aromatic rings. The second-order valence-electron chi connectivity index (χ2n) is 5.47. The van der Waals surface area contributed by atoms with Crippen molar-refractivity contribution in [3.05, 3.63) is 47.5 Å². The van der Waals surface area contributed by atoms with Crippen LogP contribution in [0.15, 0.2) is 36.4 Å². The highest BCUT2D eigenvalue weighted by atomic mass is 16.3. The van der Waals surface area contributed by atoms with E-state index in [0.29, 0.717) is 0 Å². The van der Waals surface area contributed by atoms with Crippen molar-refractivity contribution in [2.45, 2.75) is 50.0 Å². The van der Waals surface area contributed by atoms with Gasteiger partial charge in [0, 0.05) is 0 Å². The summed E-state index contributed by atoms with van der Waals surface area (Å²) in [5, 5.41) is 10.7. The van der Waals surface area contributed by atoms with Gasteiger partial charge in [0.1, 0.15) is 5.60 Å². The minimum Gasteiger partial charge on any atom is -0.381 e. The monoisotopic (exact) mass is 228 g/mol. The van der Waals surface area contributed by atoms with Crippen LogP contribution in [0, 0.1) is 0 Å². The fraction of sp³-hybridized carbons (Fsp3) is 0.500. The van der Waals surface area contributed by atoms with E-state index < -0.39 is 5.60 Å². The first-order chi connectivity index (χ1) is 8.28. The van der Waals surface area contributed by atoms with E-state index in [0.717, 1.165) is 30.7 Å². The van der Waals surface area contributed by atoms with Crippen LogP contribution in [-0.4, -0.2) is 5.11 Å². The van der Waals surface area contributed by atoms with Crippen LogP contribution in [0.3, 0.4) is 0 Å². The summed E-state index contributed by atoms with van der Waals surface area (Å²) in [5.41, 5.74) is 1.79. The Morgan fingerprint density at radius 1 is 1.18 bits per heavy atom. The van der Waals surface area contributed by atoms with Gasteiger partial charge in [-0.3, -0.25) is 0 Å². The second kappa shape index (κ2) is 4.30. The summed E-state index contributed by atoms with van der Waals surface area (Å²) < 4.78 is 0. The molecule has 1 heteroatoms. The topological polar surface area (TPSA) is 20.2 Å². The van der Waals surface area contributed by atoms with Gasteiger partial charge in [-0.15, -0.1) is 0 Å². The zero-order valence-corrected chi connectivity index (χ0v) is 10.2. The van der Waals surface area contributed by atoms with Gasteiger partial charge in [-0.2, -0.15) is 0 Å². The number of rotatable bonds is 2. The van der Waals surface area contributed by atoms with Gasteiger partial charge in [0.2, 0.25) is 0 Å². The lowest BCUT2D eigenvalue weighted by Crippen LogP contribution is -2.25. The Hall–Kier alpha value is -1.08.